The van der Waals surface area contributed by atoms with Crippen LogP contribution in [-0.4, -0.2) is 31.4 Å². The molecule has 0 aliphatic heterocycles. The van der Waals surface area contributed by atoms with E-state index in [-0.39, 0.29) is 5.56 Å². The van der Waals surface area contributed by atoms with Gasteiger partial charge in [0.05, 0.1) is 22.9 Å². The summed E-state index contributed by atoms with van der Waals surface area (Å²) in [6.07, 6.45) is 1.68. The predicted octanol–water partition coefficient (Wildman–Crippen LogP) is 4.33. The smallest absolute Gasteiger partial charge is 0.336 e. The molecule has 0 bridgehead atoms. The Labute approximate surface area is 171 Å². The molecule has 0 radical (unpaired) electrons. The fraction of sp³-hybridized carbons (Fsp3) is 0.130. The van der Waals surface area contributed by atoms with Crippen molar-refractivity contribution in [1.29, 1.82) is 0 Å². The normalized spacial score (nSPS) is 12.2. The molecule has 6 heteroatoms. The summed E-state index contributed by atoms with van der Waals surface area (Å²) in [7, 11) is 0. The van der Waals surface area contributed by atoms with E-state index in [0.717, 1.165) is 28.0 Å². The third kappa shape index (κ3) is 4.04. The highest BCUT2D eigenvalue weighted by Crippen LogP contribution is 2.25. The summed E-state index contributed by atoms with van der Waals surface area (Å²) >= 11 is -0.986. The molecule has 0 spiro atoms. The van der Waals surface area contributed by atoms with Crippen molar-refractivity contribution in [1.82, 2.24) is 9.55 Å². The quantitative estimate of drug-likeness (QED) is 0.485. The van der Waals surface area contributed by atoms with E-state index in [0.29, 0.717) is 17.9 Å². The van der Waals surface area contributed by atoms with Gasteiger partial charge in [-0.05, 0) is 46.1 Å². The van der Waals surface area contributed by atoms with Crippen molar-refractivity contribution in [3.8, 4) is 11.1 Å². The fourth-order valence-electron chi connectivity index (χ4n) is 3.49. The van der Waals surface area contributed by atoms with Gasteiger partial charge in [0.15, 0.2) is 11.6 Å². The number of aromatic nitrogens is 2. The first-order valence-corrected chi connectivity index (χ1v) is 10.9. The molecule has 1 atom stereocenters. The first-order chi connectivity index (χ1) is 14.0. The summed E-state index contributed by atoms with van der Waals surface area (Å²) in [6, 6.07) is 22.8. The van der Waals surface area contributed by atoms with Crippen molar-refractivity contribution < 1.29 is 14.5 Å². The van der Waals surface area contributed by atoms with Crippen LogP contribution in [0.4, 0.5) is 0 Å². The molecule has 1 aromatic heterocycles. The summed E-state index contributed by atoms with van der Waals surface area (Å²) in [5, 5.41) is 9.42. The van der Waals surface area contributed by atoms with Crippen molar-refractivity contribution in [2.45, 2.75) is 12.3 Å². The van der Waals surface area contributed by atoms with Gasteiger partial charge >= 0.3 is 5.97 Å². The van der Waals surface area contributed by atoms with Crippen LogP contribution < -0.4 is 0 Å². The van der Waals surface area contributed by atoms with Crippen LogP contribution in [0.15, 0.2) is 72.8 Å². The largest absolute Gasteiger partial charge is 0.616 e. The maximum absolute atomic E-state index is 11.8. The summed E-state index contributed by atoms with van der Waals surface area (Å²) < 4.78 is 13.9. The molecule has 4 aromatic rings. The summed E-state index contributed by atoms with van der Waals surface area (Å²) in [4.78, 5) is 16.1. The molecular weight excluding hydrogens is 384 g/mol. The second-order valence-corrected chi connectivity index (χ2v) is 8.30. The molecule has 146 valence electrons. The highest BCUT2D eigenvalue weighted by atomic mass is 32.2. The fourth-order valence-corrected chi connectivity index (χ4v) is 4.07. The number of nitrogens with zero attached hydrogens (tertiary/aromatic N) is 2. The minimum atomic E-state index is -0.986. The van der Waals surface area contributed by atoms with Gasteiger partial charge in [-0.1, -0.05) is 54.6 Å². The number of carbonyl (C=O) groups is 1. The van der Waals surface area contributed by atoms with Gasteiger partial charge in [-0.15, -0.1) is 0 Å². The zero-order valence-electron chi connectivity index (χ0n) is 15.9. The maximum atomic E-state index is 11.8. The van der Waals surface area contributed by atoms with Crippen LogP contribution >= 0.6 is 0 Å². The van der Waals surface area contributed by atoms with E-state index >= 15 is 0 Å². The molecule has 29 heavy (non-hydrogen) atoms. The van der Waals surface area contributed by atoms with Crippen LogP contribution in [0.1, 0.15) is 21.7 Å². The highest BCUT2D eigenvalue weighted by Gasteiger charge is 2.15. The lowest BCUT2D eigenvalue weighted by Gasteiger charge is -2.11. The summed E-state index contributed by atoms with van der Waals surface area (Å²) in [6.45, 7) is 0.605. The number of imidazole rings is 1. The lowest BCUT2D eigenvalue weighted by atomic mass is 9.99. The Kier molecular flexibility index (Phi) is 5.38. The molecule has 1 N–H and O–H groups in total. The van der Waals surface area contributed by atoms with Gasteiger partial charge in [0.1, 0.15) is 0 Å². The molecule has 1 unspecified atom stereocenters. The first kappa shape index (κ1) is 19.2. The van der Waals surface area contributed by atoms with Crippen LogP contribution in [0.3, 0.4) is 0 Å². The summed E-state index contributed by atoms with van der Waals surface area (Å²) in [5.41, 5.74) is 4.80. The zero-order valence-corrected chi connectivity index (χ0v) is 16.7. The van der Waals surface area contributed by atoms with E-state index in [1.165, 1.54) is 0 Å². The number of benzene rings is 3. The SMILES string of the molecule is C[S+]([O-])Cc1nc2ccccc2n1Cc1ccc(-c2ccccc2C(=O)O)cc1. The van der Waals surface area contributed by atoms with E-state index in [9.17, 15) is 14.5 Å². The molecule has 0 saturated carbocycles. The number of carboxylic acid groups (broad SMARTS) is 1. The number of para-hydroxylation sites is 2. The average Bonchev–Trinajstić information content (AvgIpc) is 3.05. The van der Waals surface area contributed by atoms with Gasteiger partial charge in [-0.2, -0.15) is 0 Å². The van der Waals surface area contributed by atoms with E-state index in [1.807, 2.05) is 60.7 Å². The molecule has 1 heterocycles. The van der Waals surface area contributed by atoms with Crippen LogP contribution in [0.25, 0.3) is 22.2 Å². The van der Waals surface area contributed by atoms with Crippen molar-refractivity contribution >= 4 is 28.2 Å². The summed E-state index contributed by atoms with van der Waals surface area (Å²) in [5.74, 6) is 0.262. The Bertz CT molecular complexity index is 1170. The lowest BCUT2D eigenvalue weighted by Crippen LogP contribution is -2.10. The number of hydrogen-bond acceptors (Lipinski definition) is 3. The van der Waals surface area contributed by atoms with Gasteiger partial charge in [-0.25, -0.2) is 9.78 Å². The van der Waals surface area contributed by atoms with Gasteiger partial charge in [0, 0.05) is 6.54 Å². The van der Waals surface area contributed by atoms with Gasteiger partial charge in [0.2, 0.25) is 0 Å². The van der Waals surface area contributed by atoms with Gasteiger partial charge in [-0.3, -0.25) is 0 Å². The minimum Gasteiger partial charge on any atom is -0.616 e. The molecule has 0 fully saturated rings. The number of carboxylic acids is 1. The third-order valence-electron chi connectivity index (χ3n) is 4.83. The van der Waals surface area contributed by atoms with Gasteiger partial charge < -0.3 is 14.2 Å². The van der Waals surface area contributed by atoms with E-state index in [2.05, 4.69) is 9.55 Å². The van der Waals surface area contributed by atoms with Crippen LogP contribution in [0.5, 0.6) is 0 Å². The topological polar surface area (TPSA) is 78.2 Å². The Balaban J connectivity index is 1.67. The second-order valence-electron chi connectivity index (χ2n) is 6.87. The van der Waals surface area contributed by atoms with Crippen molar-refractivity contribution in [2.75, 3.05) is 6.26 Å². The second kappa shape index (κ2) is 8.11. The number of aromatic carboxylic acids is 1. The monoisotopic (exact) mass is 404 g/mol. The Morgan fingerprint density at radius 3 is 2.45 bits per heavy atom. The molecular formula is C23H20N2O3S. The molecule has 4 rings (SSSR count). The Hall–Kier alpha value is -3.09. The van der Waals surface area contributed by atoms with E-state index in [4.69, 9.17) is 0 Å². The molecule has 5 nitrogen and oxygen atoms in total. The lowest BCUT2D eigenvalue weighted by molar-refractivity contribution is 0.0697. The first-order valence-electron chi connectivity index (χ1n) is 9.19. The van der Waals surface area contributed by atoms with E-state index < -0.39 is 17.1 Å². The molecule has 0 aliphatic carbocycles. The molecule has 0 saturated heterocycles. The standard InChI is InChI=1S/C23H20N2O3S/c1-29(28)15-22-24-20-8-4-5-9-21(20)25(22)14-16-10-12-17(13-11-16)18-6-2-3-7-19(18)23(26)27/h2-13H,14-15H2,1H3,(H,26,27). The van der Waals surface area contributed by atoms with Crippen molar-refractivity contribution in [3.05, 3.63) is 89.7 Å². The predicted molar refractivity (Wildman–Crippen MR) is 115 cm³/mol. The number of rotatable bonds is 6. The van der Waals surface area contributed by atoms with Crippen LogP contribution in [-0.2, 0) is 23.5 Å². The minimum absolute atomic E-state index is 0.286. The van der Waals surface area contributed by atoms with E-state index in [1.54, 1.807) is 18.4 Å². The van der Waals surface area contributed by atoms with Gasteiger partial charge in [0.25, 0.3) is 0 Å². The maximum Gasteiger partial charge on any atom is 0.336 e. The average molecular weight is 404 g/mol. The Morgan fingerprint density at radius 1 is 1.03 bits per heavy atom. The highest BCUT2D eigenvalue weighted by molar-refractivity contribution is 7.89. The number of hydrogen-bond donors (Lipinski definition) is 1. The van der Waals surface area contributed by atoms with Crippen LogP contribution in [0.2, 0.25) is 0 Å². The van der Waals surface area contributed by atoms with Crippen molar-refractivity contribution in [3.63, 3.8) is 0 Å². The Morgan fingerprint density at radius 2 is 1.72 bits per heavy atom. The van der Waals surface area contributed by atoms with Crippen LogP contribution in [0, 0.1) is 0 Å². The van der Waals surface area contributed by atoms with Crippen molar-refractivity contribution in [2.24, 2.45) is 0 Å². The molecule has 0 aliphatic rings. The third-order valence-corrected chi connectivity index (χ3v) is 5.49. The zero-order chi connectivity index (χ0) is 20.4. The number of fused-ring (bicyclic) bond motifs is 1. The molecule has 3 aromatic carbocycles. The molecule has 0 amide bonds.